The van der Waals surface area contributed by atoms with Crippen molar-refractivity contribution < 1.29 is 4.79 Å². The smallest absolute Gasteiger partial charge is 0.151 e. The highest BCUT2D eigenvalue weighted by molar-refractivity contribution is 7.40. The highest BCUT2D eigenvalue weighted by atomic mass is 31.0. The Hall–Kier alpha value is 0.100. The van der Waals surface area contributed by atoms with Gasteiger partial charge in [-0.15, -0.1) is 0 Å². The number of rotatable bonds is 1. The van der Waals surface area contributed by atoms with E-state index in [2.05, 4.69) is 9.24 Å². The summed E-state index contributed by atoms with van der Waals surface area (Å²) in [4.78, 5) is 10.8. The second kappa shape index (κ2) is 3.31. The zero-order valence-electron chi connectivity index (χ0n) is 5.60. The summed E-state index contributed by atoms with van der Waals surface area (Å²) in [6.07, 6.45) is 6.09. The molecular weight excluding hydrogens is 131 g/mol. The van der Waals surface area contributed by atoms with Crippen molar-refractivity contribution in [3.63, 3.8) is 0 Å². The van der Waals surface area contributed by atoms with Crippen LogP contribution in [0.15, 0.2) is 0 Å². The van der Waals surface area contributed by atoms with Gasteiger partial charge in [0.15, 0.2) is 5.52 Å². The van der Waals surface area contributed by atoms with E-state index in [0.29, 0.717) is 11.4 Å². The molecule has 1 unspecified atom stereocenters. The van der Waals surface area contributed by atoms with Crippen LogP contribution in [0.5, 0.6) is 0 Å². The highest BCUT2D eigenvalue weighted by Gasteiger charge is 2.16. The molecule has 52 valence electrons. The molecule has 0 aliphatic heterocycles. The average molecular weight is 144 g/mol. The molecule has 1 nitrogen and oxygen atoms in total. The topological polar surface area (TPSA) is 17.1 Å². The number of carbonyl (C=O) groups excluding carboxylic acids is 1. The van der Waals surface area contributed by atoms with Gasteiger partial charge in [0.05, 0.1) is 0 Å². The fourth-order valence-electron chi connectivity index (χ4n) is 1.39. The van der Waals surface area contributed by atoms with Gasteiger partial charge in [-0.1, -0.05) is 28.5 Å². The van der Waals surface area contributed by atoms with Gasteiger partial charge in [-0.2, -0.15) is 0 Å². The van der Waals surface area contributed by atoms with E-state index in [4.69, 9.17) is 0 Å². The summed E-state index contributed by atoms with van der Waals surface area (Å²) in [6, 6.07) is 0. The fraction of sp³-hybridized carbons (Fsp3) is 0.857. The third-order valence-corrected chi connectivity index (χ3v) is 2.48. The van der Waals surface area contributed by atoms with Crippen molar-refractivity contribution in [3.05, 3.63) is 0 Å². The van der Waals surface area contributed by atoms with Gasteiger partial charge >= 0.3 is 0 Å². The van der Waals surface area contributed by atoms with Crippen molar-refractivity contribution in [2.24, 2.45) is 5.92 Å². The Morgan fingerprint density at radius 3 is 2.11 bits per heavy atom. The van der Waals surface area contributed by atoms with Crippen molar-refractivity contribution in [2.75, 3.05) is 0 Å². The molecule has 1 aliphatic carbocycles. The lowest BCUT2D eigenvalue weighted by Crippen LogP contribution is -2.11. The molecule has 0 bridgehead atoms. The molecule has 1 saturated carbocycles. The molecule has 0 radical (unpaired) electrons. The Balaban J connectivity index is 2.31. The first-order valence-corrected chi connectivity index (χ1v) is 4.18. The summed E-state index contributed by atoms with van der Waals surface area (Å²) < 4.78 is 0. The van der Waals surface area contributed by atoms with Gasteiger partial charge in [0, 0.05) is 5.92 Å². The van der Waals surface area contributed by atoms with Crippen molar-refractivity contribution in [3.8, 4) is 0 Å². The van der Waals surface area contributed by atoms with Crippen molar-refractivity contribution in [1.29, 1.82) is 0 Å². The highest BCUT2D eigenvalue weighted by Crippen LogP contribution is 2.25. The molecular formula is C7H13OP. The summed E-state index contributed by atoms with van der Waals surface area (Å²) in [7, 11) is 2.29. The molecule has 0 spiro atoms. The summed E-state index contributed by atoms with van der Waals surface area (Å²) in [5, 5.41) is 0. The van der Waals surface area contributed by atoms with E-state index < -0.39 is 0 Å². The molecule has 1 fully saturated rings. The zero-order chi connectivity index (χ0) is 6.69. The molecule has 1 rings (SSSR count). The predicted molar refractivity (Wildman–Crippen MR) is 41.3 cm³/mol. The lowest BCUT2D eigenvalue weighted by atomic mass is 9.90. The van der Waals surface area contributed by atoms with Crippen molar-refractivity contribution in [2.45, 2.75) is 32.1 Å². The van der Waals surface area contributed by atoms with Gasteiger partial charge in [-0.05, 0) is 12.8 Å². The molecule has 0 heterocycles. The number of hydrogen-bond acceptors (Lipinski definition) is 1. The molecule has 1 atom stereocenters. The van der Waals surface area contributed by atoms with E-state index >= 15 is 0 Å². The van der Waals surface area contributed by atoms with E-state index in [1.165, 1.54) is 19.3 Å². The van der Waals surface area contributed by atoms with Crippen LogP contribution in [0.4, 0.5) is 0 Å². The molecule has 0 saturated heterocycles. The van der Waals surface area contributed by atoms with Crippen LogP contribution in [0.2, 0.25) is 0 Å². The Kier molecular flexibility index (Phi) is 2.65. The first-order chi connectivity index (χ1) is 4.30. The van der Waals surface area contributed by atoms with Crippen LogP contribution in [0.25, 0.3) is 0 Å². The fourth-order valence-corrected chi connectivity index (χ4v) is 1.72. The van der Waals surface area contributed by atoms with Gasteiger partial charge in [0.1, 0.15) is 0 Å². The largest absolute Gasteiger partial charge is 0.295 e. The normalized spacial score (nSPS) is 21.9. The van der Waals surface area contributed by atoms with Crippen molar-refractivity contribution in [1.82, 2.24) is 0 Å². The van der Waals surface area contributed by atoms with Crippen molar-refractivity contribution >= 4 is 14.8 Å². The third-order valence-electron chi connectivity index (χ3n) is 2.01. The molecule has 0 aromatic rings. The van der Waals surface area contributed by atoms with Crippen LogP contribution in [0.1, 0.15) is 32.1 Å². The van der Waals surface area contributed by atoms with Gasteiger partial charge in [-0.25, -0.2) is 0 Å². The maximum Gasteiger partial charge on any atom is 0.151 e. The van der Waals surface area contributed by atoms with Crippen LogP contribution in [0.3, 0.4) is 0 Å². The second-order valence-electron chi connectivity index (χ2n) is 2.74. The summed E-state index contributed by atoms with van der Waals surface area (Å²) in [5.41, 5.74) is 0.315. The quantitative estimate of drug-likeness (QED) is 0.514. The van der Waals surface area contributed by atoms with E-state index in [1.807, 2.05) is 0 Å². The van der Waals surface area contributed by atoms with Crippen LogP contribution in [-0.2, 0) is 4.79 Å². The minimum absolute atomic E-state index is 0.315. The van der Waals surface area contributed by atoms with E-state index in [0.717, 1.165) is 12.8 Å². The van der Waals surface area contributed by atoms with Gasteiger partial charge in [0.25, 0.3) is 0 Å². The number of hydrogen-bond donors (Lipinski definition) is 0. The monoisotopic (exact) mass is 144 g/mol. The molecule has 0 amide bonds. The van der Waals surface area contributed by atoms with Crippen LogP contribution in [0, 0.1) is 5.92 Å². The van der Waals surface area contributed by atoms with Gasteiger partial charge in [-0.3, -0.25) is 4.79 Å². The Morgan fingerprint density at radius 2 is 1.78 bits per heavy atom. The SMILES string of the molecule is O=C(P)C1CCCCC1. The van der Waals surface area contributed by atoms with E-state index in [9.17, 15) is 4.79 Å². The Bertz CT molecular complexity index is 105. The maximum atomic E-state index is 10.8. The summed E-state index contributed by atoms with van der Waals surface area (Å²) in [6.45, 7) is 0. The minimum Gasteiger partial charge on any atom is -0.295 e. The molecule has 0 aromatic carbocycles. The van der Waals surface area contributed by atoms with Gasteiger partial charge < -0.3 is 0 Å². The van der Waals surface area contributed by atoms with Crippen LogP contribution < -0.4 is 0 Å². The van der Waals surface area contributed by atoms with Crippen LogP contribution in [-0.4, -0.2) is 5.52 Å². The Labute approximate surface area is 58.4 Å². The van der Waals surface area contributed by atoms with Gasteiger partial charge in [0.2, 0.25) is 0 Å². The first-order valence-electron chi connectivity index (χ1n) is 3.60. The standard InChI is InChI=1S/C7H13OP/c8-7(9)6-4-2-1-3-5-6/h6H,1-5,9H2. The lowest BCUT2D eigenvalue weighted by molar-refractivity contribution is -0.115. The average Bonchev–Trinajstić information content (AvgIpc) is 1.90. The minimum atomic E-state index is 0.315. The van der Waals surface area contributed by atoms with Crippen LogP contribution >= 0.6 is 9.24 Å². The molecule has 0 aromatic heterocycles. The van der Waals surface area contributed by atoms with E-state index in [1.54, 1.807) is 0 Å². The maximum absolute atomic E-state index is 10.8. The summed E-state index contributed by atoms with van der Waals surface area (Å²) in [5.74, 6) is 0.378. The lowest BCUT2D eigenvalue weighted by Gasteiger charge is -2.17. The molecule has 2 heteroatoms. The molecule has 0 N–H and O–H groups in total. The summed E-state index contributed by atoms with van der Waals surface area (Å²) >= 11 is 0. The number of carbonyl (C=O) groups is 1. The first kappa shape index (κ1) is 7.21. The molecule has 9 heavy (non-hydrogen) atoms. The Morgan fingerprint density at radius 1 is 1.22 bits per heavy atom. The second-order valence-corrected chi connectivity index (χ2v) is 3.31. The predicted octanol–water partition coefficient (Wildman–Crippen LogP) is 1.97. The van der Waals surface area contributed by atoms with E-state index in [-0.39, 0.29) is 0 Å². The third kappa shape index (κ3) is 2.06. The molecule has 1 aliphatic rings. The zero-order valence-corrected chi connectivity index (χ0v) is 6.75.